The minimum absolute atomic E-state index is 0.185. The fraction of sp³-hybridized carbons (Fsp3) is 0.182. The molecule has 0 spiro atoms. The molecule has 1 heterocycles. The van der Waals surface area contributed by atoms with Crippen LogP contribution < -0.4 is 10.1 Å². The van der Waals surface area contributed by atoms with E-state index in [-0.39, 0.29) is 18.1 Å². The molecule has 0 atom stereocenters. The molecule has 0 radical (unpaired) electrons. The molecule has 172 valence electrons. The summed E-state index contributed by atoms with van der Waals surface area (Å²) in [5.74, 6) is -1.17. The first-order valence-corrected chi connectivity index (χ1v) is 11.9. The van der Waals surface area contributed by atoms with Crippen molar-refractivity contribution in [1.82, 2.24) is 4.90 Å². The Bertz CT molecular complexity index is 1130. The summed E-state index contributed by atoms with van der Waals surface area (Å²) >= 11 is 7.49. The van der Waals surface area contributed by atoms with E-state index < -0.39 is 23.0 Å². The van der Waals surface area contributed by atoms with Gasteiger partial charge >= 0.3 is 5.97 Å². The van der Waals surface area contributed by atoms with E-state index in [0.717, 1.165) is 22.2 Å². The zero-order valence-corrected chi connectivity index (χ0v) is 21.5. The number of benzene rings is 2. The van der Waals surface area contributed by atoms with Crippen molar-refractivity contribution in [3.63, 3.8) is 0 Å². The summed E-state index contributed by atoms with van der Waals surface area (Å²) in [5, 5.41) is 2.15. The zero-order chi connectivity index (χ0) is 24.1. The first-order chi connectivity index (χ1) is 15.7. The lowest BCUT2D eigenvalue weighted by Crippen LogP contribution is -2.36. The number of ether oxygens (including phenoxy) is 2. The maximum absolute atomic E-state index is 12.7. The standard InChI is InChI=1S/C22H18Br2N2O6S/c1-12-3-5-14(6-4-12)25-18(27)10-26-21(29)17(33-22(26)30)9-13-7-15(23)20(16(24)8-13)32-11-19(28)31-2/h3-9H,10-11H2,1-2H3,(H,25,27)/b17-9+. The van der Waals surface area contributed by atoms with Gasteiger partial charge in [-0.25, -0.2) is 4.79 Å². The van der Waals surface area contributed by atoms with Gasteiger partial charge in [0.2, 0.25) is 5.91 Å². The maximum atomic E-state index is 12.7. The molecule has 1 N–H and O–H groups in total. The topological polar surface area (TPSA) is 102 Å². The summed E-state index contributed by atoms with van der Waals surface area (Å²) in [7, 11) is 1.26. The molecule has 2 aromatic rings. The first-order valence-electron chi connectivity index (χ1n) is 9.48. The van der Waals surface area contributed by atoms with Gasteiger partial charge in [0.15, 0.2) is 6.61 Å². The molecule has 0 bridgehead atoms. The molecule has 2 aromatic carbocycles. The summed E-state index contributed by atoms with van der Waals surface area (Å²) in [6.07, 6.45) is 1.54. The first kappa shape index (κ1) is 25.0. The molecule has 11 heteroatoms. The van der Waals surface area contributed by atoms with Gasteiger partial charge in [0, 0.05) is 5.69 Å². The van der Waals surface area contributed by atoms with Crippen molar-refractivity contribution in [1.29, 1.82) is 0 Å². The molecule has 8 nitrogen and oxygen atoms in total. The van der Waals surface area contributed by atoms with Crippen molar-refractivity contribution in [2.24, 2.45) is 0 Å². The fourth-order valence-electron chi connectivity index (χ4n) is 2.76. The predicted molar refractivity (Wildman–Crippen MR) is 132 cm³/mol. The minimum Gasteiger partial charge on any atom is -0.480 e. The number of carbonyl (C=O) groups is 4. The second kappa shape index (κ2) is 11.0. The number of hydrogen-bond donors (Lipinski definition) is 1. The van der Waals surface area contributed by atoms with Gasteiger partial charge in [0.1, 0.15) is 12.3 Å². The van der Waals surface area contributed by atoms with E-state index in [2.05, 4.69) is 41.9 Å². The van der Waals surface area contributed by atoms with Gasteiger partial charge in [-0.2, -0.15) is 0 Å². The van der Waals surface area contributed by atoms with Crippen molar-refractivity contribution in [3.8, 4) is 5.75 Å². The lowest BCUT2D eigenvalue weighted by atomic mass is 10.2. The van der Waals surface area contributed by atoms with Crippen LogP contribution in [-0.4, -0.2) is 48.2 Å². The Hall–Kier alpha value is -2.63. The van der Waals surface area contributed by atoms with Crippen LogP contribution in [0.2, 0.25) is 0 Å². The predicted octanol–water partition coefficient (Wildman–Crippen LogP) is 4.75. The number of hydrogen-bond acceptors (Lipinski definition) is 7. The van der Waals surface area contributed by atoms with Crippen LogP contribution >= 0.6 is 43.6 Å². The number of amides is 3. The Balaban J connectivity index is 1.70. The summed E-state index contributed by atoms with van der Waals surface area (Å²) < 4.78 is 11.0. The highest BCUT2D eigenvalue weighted by molar-refractivity contribution is 9.11. The fourth-order valence-corrected chi connectivity index (χ4v) is 5.05. The Morgan fingerprint density at radius 2 is 1.76 bits per heavy atom. The number of rotatable bonds is 7. The van der Waals surface area contributed by atoms with E-state index in [4.69, 9.17) is 4.74 Å². The average Bonchev–Trinajstić information content (AvgIpc) is 3.01. The third kappa shape index (κ3) is 6.46. The van der Waals surface area contributed by atoms with Crippen molar-refractivity contribution < 1.29 is 28.7 Å². The quantitative estimate of drug-likeness (QED) is 0.363. The van der Waals surface area contributed by atoms with Crippen molar-refractivity contribution >= 4 is 78.4 Å². The molecular weight excluding hydrogens is 580 g/mol. The molecule has 0 aliphatic carbocycles. The van der Waals surface area contributed by atoms with E-state index in [1.807, 2.05) is 19.1 Å². The number of carbonyl (C=O) groups excluding carboxylic acids is 4. The maximum Gasteiger partial charge on any atom is 0.343 e. The highest BCUT2D eigenvalue weighted by Crippen LogP contribution is 2.37. The van der Waals surface area contributed by atoms with E-state index in [1.165, 1.54) is 7.11 Å². The van der Waals surface area contributed by atoms with E-state index in [9.17, 15) is 19.2 Å². The smallest absolute Gasteiger partial charge is 0.343 e. The Morgan fingerprint density at radius 1 is 1.12 bits per heavy atom. The second-order valence-corrected chi connectivity index (χ2v) is 9.56. The number of anilines is 1. The summed E-state index contributed by atoms with van der Waals surface area (Å²) in [4.78, 5) is 49.8. The van der Waals surface area contributed by atoms with E-state index >= 15 is 0 Å². The number of methoxy groups -OCH3 is 1. The number of halogens is 2. The summed E-state index contributed by atoms with van der Waals surface area (Å²) in [6, 6.07) is 10.5. The molecule has 33 heavy (non-hydrogen) atoms. The molecule has 1 aliphatic heterocycles. The number of imide groups is 1. The molecule has 3 amide bonds. The molecule has 0 unspecified atom stereocenters. The largest absolute Gasteiger partial charge is 0.480 e. The van der Waals surface area contributed by atoms with Crippen LogP contribution in [0.1, 0.15) is 11.1 Å². The minimum atomic E-state index is -0.553. The summed E-state index contributed by atoms with van der Waals surface area (Å²) in [6.45, 7) is 1.28. The van der Waals surface area contributed by atoms with Crippen LogP contribution in [0.25, 0.3) is 6.08 Å². The van der Waals surface area contributed by atoms with E-state index in [1.54, 1.807) is 30.3 Å². The van der Waals surface area contributed by atoms with Crippen LogP contribution in [0.3, 0.4) is 0 Å². The molecule has 3 rings (SSSR count). The molecule has 1 fully saturated rings. The molecule has 1 aliphatic rings. The number of aryl methyl sites for hydroxylation is 1. The second-order valence-electron chi connectivity index (χ2n) is 6.86. The Labute approximate surface area is 210 Å². The van der Waals surface area contributed by atoms with Gasteiger partial charge in [-0.05, 0) is 86.5 Å². The van der Waals surface area contributed by atoms with E-state index in [0.29, 0.717) is 25.9 Å². The van der Waals surface area contributed by atoms with Gasteiger partial charge in [-0.15, -0.1) is 0 Å². The van der Waals surface area contributed by atoms with Crippen LogP contribution in [0.4, 0.5) is 10.5 Å². The molecular formula is C22H18Br2N2O6S. The number of thioether (sulfide) groups is 1. The van der Waals surface area contributed by atoms with Crippen LogP contribution in [-0.2, 0) is 19.1 Å². The van der Waals surface area contributed by atoms with Gasteiger partial charge in [0.25, 0.3) is 11.1 Å². The van der Waals surface area contributed by atoms with Gasteiger partial charge in [-0.3, -0.25) is 19.3 Å². The highest BCUT2D eigenvalue weighted by Gasteiger charge is 2.36. The van der Waals surface area contributed by atoms with Crippen LogP contribution in [0.5, 0.6) is 5.75 Å². The lowest BCUT2D eigenvalue weighted by molar-refractivity contribution is -0.143. The van der Waals surface area contributed by atoms with Gasteiger partial charge in [0.05, 0.1) is 21.0 Å². The third-order valence-corrected chi connectivity index (χ3v) is 6.48. The average molecular weight is 598 g/mol. The molecule has 1 saturated heterocycles. The van der Waals surface area contributed by atoms with Gasteiger partial charge in [-0.1, -0.05) is 17.7 Å². The number of nitrogens with one attached hydrogen (secondary N) is 1. The lowest BCUT2D eigenvalue weighted by Gasteiger charge is -2.12. The van der Waals surface area contributed by atoms with Crippen LogP contribution in [0.15, 0.2) is 50.2 Å². The summed E-state index contributed by atoms with van der Waals surface area (Å²) in [5.41, 5.74) is 2.23. The van der Waals surface area contributed by atoms with Crippen molar-refractivity contribution in [2.45, 2.75) is 6.92 Å². The third-order valence-electron chi connectivity index (χ3n) is 4.39. The zero-order valence-electron chi connectivity index (χ0n) is 17.5. The number of nitrogens with zero attached hydrogens (tertiary/aromatic N) is 1. The SMILES string of the molecule is COC(=O)COc1c(Br)cc(/C=C2/SC(=O)N(CC(=O)Nc3ccc(C)cc3)C2=O)cc1Br. The van der Waals surface area contributed by atoms with Crippen molar-refractivity contribution in [2.75, 3.05) is 25.6 Å². The van der Waals surface area contributed by atoms with Crippen LogP contribution in [0, 0.1) is 6.92 Å². The molecule has 0 aromatic heterocycles. The Kier molecular flexibility index (Phi) is 8.33. The highest BCUT2D eigenvalue weighted by atomic mass is 79.9. The van der Waals surface area contributed by atoms with Gasteiger partial charge < -0.3 is 14.8 Å². The monoisotopic (exact) mass is 596 g/mol. The Morgan fingerprint density at radius 3 is 2.36 bits per heavy atom. The normalized spacial score (nSPS) is 14.5. The number of esters is 1. The van der Waals surface area contributed by atoms with Crippen molar-refractivity contribution in [3.05, 3.63) is 61.4 Å². The molecule has 0 saturated carbocycles.